The minimum atomic E-state index is -0.289. The van der Waals surface area contributed by atoms with Crippen LogP contribution in [0, 0.1) is 11.3 Å². The smallest absolute Gasteiger partial charge is 0.320 e. The number of piperidine rings is 1. The highest BCUT2D eigenvalue weighted by Gasteiger charge is 2.49. The van der Waals surface area contributed by atoms with Crippen LogP contribution in [0.25, 0.3) is 22.3 Å². The molecule has 2 amide bonds. The van der Waals surface area contributed by atoms with Crippen molar-refractivity contribution in [1.82, 2.24) is 39.4 Å². The zero-order valence-electron chi connectivity index (χ0n) is 19.9. The molecule has 2 saturated heterocycles. The van der Waals surface area contributed by atoms with Crippen molar-refractivity contribution < 1.29 is 4.79 Å². The molecule has 1 saturated carbocycles. The van der Waals surface area contributed by atoms with E-state index in [1.54, 1.807) is 6.33 Å². The fourth-order valence-corrected chi connectivity index (χ4v) is 6.01. The average Bonchev–Trinajstić information content (AvgIpc) is 3.56. The molecule has 3 aromatic rings. The summed E-state index contributed by atoms with van der Waals surface area (Å²) < 4.78 is 1.98. The molecule has 3 aliphatic rings. The molecule has 1 N–H and O–H groups in total. The number of aromatic amines is 1. The summed E-state index contributed by atoms with van der Waals surface area (Å²) in [5.74, 6) is 0. The maximum atomic E-state index is 12.8. The zero-order chi connectivity index (χ0) is 23.8. The molecule has 1 aliphatic carbocycles. The first kappa shape index (κ1) is 22.0. The molecule has 0 unspecified atom stereocenters. The molecule has 10 nitrogen and oxygen atoms in total. The molecule has 0 aromatic carbocycles. The van der Waals surface area contributed by atoms with Gasteiger partial charge in [-0.25, -0.2) is 14.8 Å². The van der Waals surface area contributed by atoms with Gasteiger partial charge in [0.2, 0.25) is 0 Å². The van der Waals surface area contributed by atoms with Crippen molar-refractivity contribution in [2.45, 2.75) is 50.1 Å². The van der Waals surface area contributed by atoms with Gasteiger partial charge in [0.15, 0.2) is 0 Å². The third-order valence-electron chi connectivity index (χ3n) is 8.06. The van der Waals surface area contributed by atoms with Gasteiger partial charge >= 0.3 is 6.03 Å². The number of fused-ring (bicyclic) bond motifs is 1. The lowest BCUT2D eigenvalue weighted by atomic mass is 9.70. The third-order valence-corrected chi connectivity index (χ3v) is 8.06. The van der Waals surface area contributed by atoms with E-state index in [2.05, 4.69) is 31.0 Å². The lowest BCUT2D eigenvalue weighted by Crippen LogP contribution is -2.61. The number of rotatable bonds is 4. The summed E-state index contributed by atoms with van der Waals surface area (Å²) >= 11 is 0. The van der Waals surface area contributed by atoms with Crippen LogP contribution in [0.1, 0.15) is 38.5 Å². The number of nitriles is 1. The molecular weight excluding hydrogens is 442 g/mol. The molecule has 3 fully saturated rings. The van der Waals surface area contributed by atoms with Gasteiger partial charge in [-0.2, -0.15) is 10.4 Å². The van der Waals surface area contributed by atoms with Crippen molar-refractivity contribution in [3.05, 3.63) is 31.0 Å². The molecule has 182 valence electrons. The zero-order valence-corrected chi connectivity index (χ0v) is 19.9. The molecule has 0 atom stereocenters. The lowest BCUT2D eigenvalue weighted by molar-refractivity contribution is -0.0150. The predicted octanol–water partition coefficient (Wildman–Crippen LogP) is 2.82. The molecule has 35 heavy (non-hydrogen) atoms. The molecule has 2 aliphatic heterocycles. The maximum Gasteiger partial charge on any atom is 0.320 e. The van der Waals surface area contributed by atoms with Crippen molar-refractivity contribution >= 4 is 17.1 Å². The van der Waals surface area contributed by atoms with E-state index in [1.807, 2.05) is 39.1 Å². The second-order valence-electron chi connectivity index (χ2n) is 10.1. The number of hydrogen-bond acceptors (Lipinski definition) is 6. The molecule has 6 rings (SSSR count). The highest BCUT2D eigenvalue weighted by molar-refractivity contribution is 5.90. The van der Waals surface area contributed by atoms with E-state index >= 15 is 0 Å². The van der Waals surface area contributed by atoms with Crippen molar-refractivity contribution in [3.8, 4) is 17.3 Å². The summed E-state index contributed by atoms with van der Waals surface area (Å²) in [4.78, 5) is 31.3. The number of piperazine rings is 1. The number of amides is 2. The van der Waals surface area contributed by atoms with Crippen LogP contribution < -0.4 is 0 Å². The van der Waals surface area contributed by atoms with Crippen LogP contribution in [0.3, 0.4) is 0 Å². The number of likely N-dealkylation sites (tertiary alicyclic amines) is 1. The Morgan fingerprint density at radius 1 is 1.09 bits per heavy atom. The predicted molar refractivity (Wildman–Crippen MR) is 130 cm³/mol. The van der Waals surface area contributed by atoms with Crippen molar-refractivity contribution in [2.24, 2.45) is 0 Å². The topological polar surface area (TPSA) is 110 Å². The number of nitrogens with zero attached hydrogens (tertiary/aromatic N) is 8. The maximum absolute atomic E-state index is 12.8. The molecule has 0 bridgehead atoms. The van der Waals surface area contributed by atoms with Crippen LogP contribution in [0.5, 0.6) is 0 Å². The van der Waals surface area contributed by atoms with E-state index in [-0.39, 0.29) is 11.6 Å². The molecule has 10 heteroatoms. The molecule has 0 radical (unpaired) electrons. The number of H-pyrrole nitrogens is 1. The first-order valence-electron chi connectivity index (χ1n) is 12.7. The molecule has 5 heterocycles. The monoisotopic (exact) mass is 473 g/mol. The number of carbonyl (C=O) groups is 1. The van der Waals surface area contributed by atoms with Crippen molar-refractivity contribution in [3.63, 3.8) is 0 Å². The normalized spacial score (nSPS) is 25.4. The number of carbonyl (C=O) groups excluding carboxylic acids is 1. The van der Waals surface area contributed by atoms with E-state index < -0.39 is 0 Å². The van der Waals surface area contributed by atoms with Crippen molar-refractivity contribution in [1.29, 1.82) is 5.26 Å². The molecule has 0 spiro atoms. The highest BCUT2D eigenvalue weighted by Crippen LogP contribution is 2.45. The van der Waals surface area contributed by atoms with Gasteiger partial charge in [0.1, 0.15) is 12.0 Å². The Kier molecular flexibility index (Phi) is 5.65. The summed E-state index contributed by atoms with van der Waals surface area (Å²) in [5.41, 5.74) is 2.29. The van der Waals surface area contributed by atoms with E-state index in [4.69, 9.17) is 0 Å². The van der Waals surface area contributed by atoms with Gasteiger partial charge in [-0.15, -0.1) is 0 Å². The summed E-state index contributed by atoms with van der Waals surface area (Å²) in [6.07, 6.45) is 13.0. The number of aromatic nitrogens is 5. The average molecular weight is 474 g/mol. The fraction of sp³-hybridized carbons (Fsp3) is 0.560. The second-order valence-corrected chi connectivity index (χ2v) is 10.1. The summed E-state index contributed by atoms with van der Waals surface area (Å²) in [6, 6.07) is 5.00. The van der Waals surface area contributed by atoms with Gasteiger partial charge in [0.05, 0.1) is 29.9 Å². The van der Waals surface area contributed by atoms with E-state index in [1.165, 1.54) is 6.42 Å². The molecule has 3 aromatic heterocycles. The van der Waals surface area contributed by atoms with Crippen LogP contribution in [-0.4, -0.2) is 90.8 Å². The summed E-state index contributed by atoms with van der Waals surface area (Å²) in [6.45, 7) is 5.14. The highest BCUT2D eigenvalue weighted by atomic mass is 16.2. The van der Waals surface area contributed by atoms with Crippen LogP contribution in [0.2, 0.25) is 0 Å². The van der Waals surface area contributed by atoms with Gasteiger partial charge in [-0.3, -0.25) is 9.58 Å². The minimum Gasteiger partial charge on any atom is -0.346 e. The van der Waals surface area contributed by atoms with Crippen LogP contribution in [-0.2, 0) is 5.54 Å². The van der Waals surface area contributed by atoms with Crippen LogP contribution in [0.15, 0.2) is 31.0 Å². The lowest BCUT2D eigenvalue weighted by Gasteiger charge is -2.52. The summed E-state index contributed by atoms with van der Waals surface area (Å²) in [5, 5.41) is 15.2. The molecular formula is C25H31N9O. The third kappa shape index (κ3) is 3.93. The quantitative estimate of drug-likeness (QED) is 0.624. The second kappa shape index (κ2) is 8.96. The number of hydrogen-bond donors (Lipinski definition) is 1. The Bertz CT molecular complexity index is 1240. The standard InChI is InChI=1S/C25H31N9O/c26-6-5-25(34-17-19(16-30-34)22-21-4-7-27-23(21)29-18-28-22)14-20(15-25)31-10-12-33(13-11-31)24(35)32-8-2-1-3-9-32/h4,7,16-18,20H,1-3,5,8-15H2,(H,27,28,29)/t20-,25-. The van der Waals surface area contributed by atoms with Gasteiger partial charge in [-0.1, -0.05) is 0 Å². The van der Waals surface area contributed by atoms with E-state index in [0.29, 0.717) is 12.5 Å². The Balaban J connectivity index is 1.11. The Hall–Kier alpha value is -3.45. The van der Waals surface area contributed by atoms with E-state index in [0.717, 1.165) is 87.2 Å². The first-order chi connectivity index (χ1) is 17.2. The number of urea groups is 1. The van der Waals surface area contributed by atoms with Crippen LogP contribution >= 0.6 is 0 Å². The van der Waals surface area contributed by atoms with E-state index in [9.17, 15) is 10.1 Å². The summed E-state index contributed by atoms with van der Waals surface area (Å²) in [7, 11) is 0. The Labute approximate surface area is 204 Å². The van der Waals surface area contributed by atoms with Gasteiger partial charge < -0.3 is 14.8 Å². The SMILES string of the molecule is N#CC[C@]1(n2cc(-c3ncnc4[nH]ccc34)cn2)C[C@H](N2CCN(C(=O)N3CCCCC3)CC2)C1. The Morgan fingerprint density at radius 2 is 1.86 bits per heavy atom. The van der Waals surface area contributed by atoms with Gasteiger partial charge in [-0.05, 0) is 38.2 Å². The minimum absolute atomic E-state index is 0.210. The van der Waals surface area contributed by atoms with Crippen LogP contribution in [0.4, 0.5) is 4.79 Å². The largest absolute Gasteiger partial charge is 0.346 e. The van der Waals surface area contributed by atoms with Crippen molar-refractivity contribution in [2.75, 3.05) is 39.3 Å². The first-order valence-corrected chi connectivity index (χ1v) is 12.7. The van der Waals surface area contributed by atoms with Gasteiger partial charge in [0.25, 0.3) is 0 Å². The van der Waals surface area contributed by atoms with Gasteiger partial charge in [0, 0.05) is 68.7 Å². The Morgan fingerprint density at radius 3 is 2.63 bits per heavy atom. The fourth-order valence-electron chi connectivity index (χ4n) is 6.01. The number of nitrogens with one attached hydrogen (secondary N) is 1.